The second-order valence-electron chi connectivity index (χ2n) is 6.84. The summed E-state index contributed by atoms with van der Waals surface area (Å²) in [4.78, 5) is 2.26. The van der Waals surface area contributed by atoms with Gasteiger partial charge in [-0.2, -0.15) is 0 Å². The lowest BCUT2D eigenvalue weighted by atomic mass is 10.0. The minimum atomic E-state index is -3.29. The average Bonchev–Trinajstić information content (AvgIpc) is 2.65. The molecule has 1 atom stereocenters. The van der Waals surface area contributed by atoms with Gasteiger partial charge in [0.15, 0.2) is 0 Å². The maximum atomic E-state index is 12.7. The van der Waals surface area contributed by atoms with Crippen LogP contribution in [0.15, 0.2) is 24.3 Å². The first-order valence-electron chi connectivity index (χ1n) is 9.12. The fraction of sp³-hybridized carbons (Fsp3) is 0.667. The molecule has 2 fully saturated rings. The Morgan fingerprint density at radius 1 is 1.16 bits per heavy atom. The van der Waals surface area contributed by atoms with E-state index in [9.17, 15) is 8.42 Å². The van der Waals surface area contributed by atoms with E-state index < -0.39 is 10.0 Å². The maximum absolute atomic E-state index is 12.7. The Morgan fingerprint density at radius 2 is 1.84 bits per heavy atom. The quantitative estimate of drug-likeness (QED) is 0.816. The second kappa shape index (κ2) is 8.82. The van der Waals surface area contributed by atoms with E-state index >= 15 is 0 Å². The van der Waals surface area contributed by atoms with Crippen LogP contribution in [-0.4, -0.2) is 51.4 Å². The highest BCUT2D eigenvalue weighted by Crippen LogP contribution is 2.29. The highest BCUT2D eigenvalue weighted by molar-refractivity contribution is 7.90. The summed E-state index contributed by atoms with van der Waals surface area (Å²) in [5, 5.41) is 0.425. The van der Waals surface area contributed by atoms with Crippen LogP contribution in [0.4, 0.5) is 0 Å². The van der Waals surface area contributed by atoms with Crippen LogP contribution in [0.5, 0.6) is 0 Å². The van der Waals surface area contributed by atoms with Crippen LogP contribution in [0.3, 0.4) is 0 Å². The molecule has 5 nitrogen and oxygen atoms in total. The number of hydrogen-bond donors (Lipinski definition) is 1. The van der Waals surface area contributed by atoms with Gasteiger partial charge in [0.25, 0.3) is 0 Å². The molecule has 1 aliphatic heterocycles. The Bertz CT molecular complexity index is 656. The van der Waals surface area contributed by atoms with Crippen LogP contribution in [-0.2, 0) is 14.8 Å². The molecule has 2 aliphatic rings. The lowest BCUT2D eigenvalue weighted by Crippen LogP contribution is -2.45. The number of benzene rings is 1. The van der Waals surface area contributed by atoms with Crippen LogP contribution in [0.2, 0.25) is 5.02 Å². The van der Waals surface area contributed by atoms with E-state index in [0.717, 1.165) is 50.8 Å². The van der Waals surface area contributed by atoms with E-state index in [4.69, 9.17) is 16.3 Å². The summed E-state index contributed by atoms with van der Waals surface area (Å²) in [7, 11) is -3.29. The predicted molar refractivity (Wildman–Crippen MR) is 100 cm³/mol. The molecule has 3 rings (SSSR count). The maximum Gasteiger partial charge on any atom is 0.214 e. The summed E-state index contributed by atoms with van der Waals surface area (Å²) in [6.45, 7) is 3.23. The summed E-state index contributed by atoms with van der Waals surface area (Å²) < 4.78 is 33.7. The number of halogens is 1. The average molecular weight is 387 g/mol. The Kier molecular flexibility index (Phi) is 6.74. The molecule has 1 aliphatic carbocycles. The summed E-state index contributed by atoms with van der Waals surface area (Å²) in [6, 6.07) is 7.62. The van der Waals surface area contributed by atoms with Gasteiger partial charge in [-0.15, -0.1) is 0 Å². The Labute approximate surface area is 155 Å². The highest BCUT2D eigenvalue weighted by atomic mass is 35.5. The van der Waals surface area contributed by atoms with Crippen LogP contribution >= 0.6 is 11.6 Å². The Hall–Kier alpha value is -0.660. The molecule has 0 amide bonds. The van der Waals surface area contributed by atoms with Gasteiger partial charge in [0.1, 0.15) is 0 Å². The lowest BCUT2D eigenvalue weighted by molar-refractivity contribution is 0.0172. The monoisotopic (exact) mass is 386 g/mol. The molecule has 0 aromatic heterocycles. The van der Waals surface area contributed by atoms with E-state index in [0.29, 0.717) is 24.8 Å². The number of ether oxygens (including phenoxy) is 1. The SMILES string of the molecule is O=S(=O)(NC[C@H](c1ccccc1Cl)N1CCOCC1)C1CCCCC1. The fourth-order valence-electron chi connectivity index (χ4n) is 3.76. The molecule has 1 aromatic carbocycles. The smallest absolute Gasteiger partial charge is 0.214 e. The van der Waals surface area contributed by atoms with Crippen LogP contribution in [0.1, 0.15) is 43.7 Å². The van der Waals surface area contributed by atoms with E-state index in [1.807, 2.05) is 24.3 Å². The van der Waals surface area contributed by atoms with Crippen LogP contribution < -0.4 is 4.72 Å². The topological polar surface area (TPSA) is 58.6 Å². The van der Waals surface area contributed by atoms with E-state index in [1.54, 1.807) is 0 Å². The van der Waals surface area contributed by atoms with Gasteiger partial charge in [0.05, 0.1) is 18.5 Å². The van der Waals surface area contributed by atoms with E-state index in [1.165, 1.54) is 0 Å². The molecular weight excluding hydrogens is 360 g/mol. The number of sulfonamides is 1. The van der Waals surface area contributed by atoms with Crippen LogP contribution in [0, 0.1) is 0 Å². The predicted octanol–water partition coefficient (Wildman–Crippen LogP) is 2.97. The number of nitrogens with zero attached hydrogens (tertiary/aromatic N) is 1. The van der Waals surface area contributed by atoms with Gasteiger partial charge in [0.2, 0.25) is 10.0 Å². The van der Waals surface area contributed by atoms with E-state index in [2.05, 4.69) is 9.62 Å². The minimum Gasteiger partial charge on any atom is -0.379 e. The van der Waals surface area contributed by atoms with Crippen molar-refractivity contribution in [1.82, 2.24) is 9.62 Å². The molecule has 1 saturated heterocycles. The van der Waals surface area contributed by atoms with Gasteiger partial charge in [-0.1, -0.05) is 49.1 Å². The first kappa shape index (κ1) is 19.1. The van der Waals surface area contributed by atoms with Crippen LogP contribution in [0.25, 0.3) is 0 Å². The fourth-order valence-corrected chi connectivity index (χ4v) is 5.60. The van der Waals surface area contributed by atoms with E-state index in [-0.39, 0.29) is 11.3 Å². The first-order chi connectivity index (χ1) is 12.1. The third-order valence-electron chi connectivity index (χ3n) is 5.22. The normalized spacial score (nSPS) is 22.0. The molecule has 0 unspecified atom stereocenters. The van der Waals surface area contributed by atoms with Crippen molar-refractivity contribution in [2.45, 2.75) is 43.4 Å². The zero-order chi connectivity index (χ0) is 17.7. The van der Waals surface area contributed by atoms with Gasteiger partial charge in [0, 0.05) is 30.7 Å². The molecule has 0 spiro atoms. The van der Waals surface area contributed by atoms with Crippen molar-refractivity contribution in [3.8, 4) is 0 Å². The van der Waals surface area contributed by atoms with Crippen molar-refractivity contribution in [1.29, 1.82) is 0 Å². The molecule has 1 aromatic rings. The zero-order valence-corrected chi connectivity index (χ0v) is 16.1. The number of morpholine rings is 1. The summed E-state index contributed by atoms with van der Waals surface area (Å²) in [5.74, 6) is 0. The standard InChI is InChI=1S/C18H27ClN2O3S/c19-17-9-5-4-8-16(17)18(21-10-12-24-13-11-21)14-20-25(22,23)15-6-2-1-3-7-15/h4-5,8-9,15,18,20H,1-3,6-7,10-14H2/t18-/m1/s1. The van der Waals surface area contributed by atoms with Gasteiger partial charge in [-0.25, -0.2) is 13.1 Å². The zero-order valence-electron chi connectivity index (χ0n) is 14.5. The van der Waals surface area contributed by atoms with Gasteiger partial charge in [-0.05, 0) is 24.5 Å². The van der Waals surface area contributed by atoms with Gasteiger partial charge < -0.3 is 4.74 Å². The molecule has 140 valence electrons. The van der Waals surface area contributed by atoms with Crippen molar-refractivity contribution in [2.24, 2.45) is 0 Å². The second-order valence-corrected chi connectivity index (χ2v) is 9.29. The summed E-state index contributed by atoms with van der Waals surface area (Å²) >= 11 is 6.40. The molecule has 7 heteroatoms. The first-order valence-corrected chi connectivity index (χ1v) is 11.0. The van der Waals surface area contributed by atoms with Crippen molar-refractivity contribution in [3.63, 3.8) is 0 Å². The highest BCUT2D eigenvalue weighted by Gasteiger charge is 2.30. The largest absolute Gasteiger partial charge is 0.379 e. The third-order valence-corrected chi connectivity index (χ3v) is 7.48. The summed E-state index contributed by atoms with van der Waals surface area (Å²) in [6.07, 6.45) is 4.68. The Morgan fingerprint density at radius 3 is 2.52 bits per heavy atom. The molecule has 0 bridgehead atoms. The number of rotatable bonds is 6. The Balaban J connectivity index is 1.74. The number of hydrogen-bond acceptors (Lipinski definition) is 4. The molecule has 1 N–H and O–H groups in total. The van der Waals surface area contributed by atoms with Crippen molar-refractivity contribution >= 4 is 21.6 Å². The number of nitrogens with one attached hydrogen (secondary N) is 1. The van der Waals surface area contributed by atoms with Gasteiger partial charge in [-0.3, -0.25) is 4.90 Å². The molecule has 0 radical (unpaired) electrons. The van der Waals surface area contributed by atoms with Crippen molar-refractivity contribution in [2.75, 3.05) is 32.8 Å². The summed E-state index contributed by atoms with van der Waals surface area (Å²) in [5.41, 5.74) is 0.970. The third kappa shape index (κ3) is 4.95. The molecule has 25 heavy (non-hydrogen) atoms. The van der Waals surface area contributed by atoms with Gasteiger partial charge >= 0.3 is 0 Å². The van der Waals surface area contributed by atoms with Crippen molar-refractivity contribution in [3.05, 3.63) is 34.9 Å². The minimum absolute atomic E-state index is 0.0732. The molecule has 1 heterocycles. The molecular formula is C18H27ClN2O3S. The lowest BCUT2D eigenvalue weighted by Gasteiger charge is -2.35. The van der Waals surface area contributed by atoms with Crippen molar-refractivity contribution < 1.29 is 13.2 Å². The molecule has 1 saturated carbocycles.